The Bertz CT molecular complexity index is 105. The highest BCUT2D eigenvalue weighted by Gasteiger charge is 2.18. The quantitative estimate of drug-likeness (QED) is 0.514. The minimum absolute atomic E-state index is 0.601. The lowest BCUT2D eigenvalue weighted by atomic mass is 10.0. The van der Waals surface area contributed by atoms with Crippen molar-refractivity contribution >= 4 is 8.68 Å². The lowest BCUT2D eigenvalue weighted by Crippen LogP contribution is -2.09. The van der Waals surface area contributed by atoms with Crippen LogP contribution in [0.5, 0.6) is 0 Å². The topological polar surface area (TPSA) is 17.1 Å². The van der Waals surface area contributed by atoms with Gasteiger partial charge in [0.2, 0.25) is 0 Å². The molecule has 0 aromatic carbocycles. The molecular formula is C7H14OSi. The van der Waals surface area contributed by atoms with E-state index >= 15 is 0 Å². The first-order valence-corrected chi connectivity index (χ1v) is 5.79. The third-order valence-corrected chi connectivity index (χ3v) is 3.91. The van der Waals surface area contributed by atoms with Crippen molar-refractivity contribution in [1.82, 2.24) is 0 Å². The Morgan fingerprint density at radius 3 is 2.11 bits per heavy atom. The van der Waals surface area contributed by atoms with Gasteiger partial charge in [-0.1, -0.05) is 19.3 Å². The van der Waals surface area contributed by atoms with Crippen molar-refractivity contribution in [3.05, 3.63) is 0 Å². The van der Waals surface area contributed by atoms with Gasteiger partial charge in [0.25, 0.3) is 8.68 Å². The molecule has 0 aliphatic heterocycles. The molecule has 0 atom stereocenters. The predicted octanol–water partition coefficient (Wildman–Crippen LogP) is 2.37. The summed E-state index contributed by atoms with van der Waals surface area (Å²) in [5.74, 6) is 0. The second kappa shape index (κ2) is 3.25. The fourth-order valence-corrected chi connectivity index (χ4v) is 2.73. The smallest absolute Gasteiger partial charge is 0.276 e. The molecule has 1 aliphatic carbocycles. The van der Waals surface area contributed by atoms with Crippen molar-refractivity contribution < 1.29 is 4.46 Å². The summed E-state index contributed by atoms with van der Waals surface area (Å²) >= 11 is 0. The van der Waals surface area contributed by atoms with Crippen molar-refractivity contribution in [3.63, 3.8) is 0 Å². The van der Waals surface area contributed by atoms with Crippen LogP contribution in [0.3, 0.4) is 0 Å². The van der Waals surface area contributed by atoms with Gasteiger partial charge in [-0.25, -0.2) is 0 Å². The molecular weight excluding hydrogens is 128 g/mol. The van der Waals surface area contributed by atoms with Crippen LogP contribution in [0.4, 0.5) is 0 Å². The van der Waals surface area contributed by atoms with Gasteiger partial charge in [-0.05, 0) is 19.4 Å². The Hall–Kier alpha value is 0.0169. The maximum absolute atomic E-state index is 11.0. The molecule has 0 unspecified atom stereocenters. The van der Waals surface area contributed by atoms with Gasteiger partial charge in [0, 0.05) is 5.54 Å². The second-order valence-corrected chi connectivity index (χ2v) is 4.98. The van der Waals surface area contributed by atoms with Crippen LogP contribution in [-0.2, 0) is 4.46 Å². The van der Waals surface area contributed by atoms with E-state index in [1.165, 1.54) is 32.1 Å². The average Bonchev–Trinajstić information content (AvgIpc) is 1.90. The molecule has 0 spiro atoms. The fourth-order valence-electron chi connectivity index (χ4n) is 1.51. The Kier molecular flexibility index (Phi) is 2.58. The number of rotatable bonds is 1. The first-order valence-electron chi connectivity index (χ1n) is 3.81. The molecule has 0 N–H and O–H groups in total. The largest absolute Gasteiger partial charge is 0.388 e. The Morgan fingerprint density at radius 1 is 1.22 bits per heavy atom. The zero-order valence-electron chi connectivity index (χ0n) is 6.02. The summed E-state index contributed by atoms with van der Waals surface area (Å²) in [4.78, 5) is 0. The summed E-state index contributed by atoms with van der Waals surface area (Å²) in [6.45, 7) is 1.90. The minimum Gasteiger partial charge on any atom is -0.388 e. The van der Waals surface area contributed by atoms with Crippen LogP contribution in [0, 0.1) is 0 Å². The van der Waals surface area contributed by atoms with Crippen molar-refractivity contribution in [1.29, 1.82) is 0 Å². The molecule has 0 saturated heterocycles. The summed E-state index contributed by atoms with van der Waals surface area (Å²) in [6, 6.07) is 0. The van der Waals surface area contributed by atoms with Crippen molar-refractivity contribution in [2.75, 3.05) is 0 Å². The lowest BCUT2D eigenvalue weighted by Gasteiger charge is -2.17. The first kappa shape index (κ1) is 7.13. The van der Waals surface area contributed by atoms with E-state index in [4.69, 9.17) is 0 Å². The van der Waals surface area contributed by atoms with Gasteiger partial charge in [-0.3, -0.25) is 0 Å². The van der Waals surface area contributed by atoms with Gasteiger partial charge >= 0.3 is 0 Å². The van der Waals surface area contributed by atoms with Crippen LogP contribution in [0.1, 0.15) is 32.1 Å². The molecule has 52 valence electrons. The second-order valence-electron chi connectivity index (χ2n) is 2.95. The molecule has 0 bridgehead atoms. The third-order valence-electron chi connectivity index (χ3n) is 2.18. The molecule has 0 radical (unpaired) electrons. The highest BCUT2D eigenvalue weighted by Crippen LogP contribution is 2.28. The van der Waals surface area contributed by atoms with Gasteiger partial charge in [0.15, 0.2) is 0 Å². The monoisotopic (exact) mass is 142 g/mol. The van der Waals surface area contributed by atoms with Crippen LogP contribution in [0.15, 0.2) is 0 Å². The molecule has 0 aromatic rings. The third kappa shape index (κ3) is 2.01. The molecule has 9 heavy (non-hydrogen) atoms. The van der Waals surface area contributed by atoms with Crippen LogP contribution in [-0.4, -0.2) is 8.68 Å². The van der Waals surface area contributed by atoms with E-state index in [0.29, 0.717) is 5.54 Å². The molecule has 0 aromatic heterocycles. The van der Waals surface area contributed by atoms with E-state index in [-0.39, 0.29) is 0 Å². The van der Waals surface area contributed by atoms with Crippen molar-refractivity contribution in [2.24, 2.45) is 0 Å². The molecule has 1 rings (SSSR count). The number of hydrogen-bond donors (Lipinski definition) is 0. The zero-order valence-corrected chi connectivity index (χ0v) is 7.02. The van der Waals surface area contributed by atoms with Crippen LogP contribution in [0.2, 0.25) is 12.1 Å². The molecule has 2 heteroatoms. The van der Waals surface area contributed by atoms with E-state index in [1.54, 1.807) is 0 Å². The molecule has 0 heterocycles. The van der Waals surface area contributed by atoms with Gasteiger partial charge in [0.1, 0.15) is 0 Å². The summed E-state index contributed by atoms with van der Waals surface area (Å²) in [5, 5.41) is 0. The van der Waals surface area contributed by atoms with Gasteiger partial charge in [-0.2, -0.15) is 0 Å². The van der Waals surface area contributed by atoms with Crippen molar-refractivity contribution in [3.8, 4) is 0 Å². The van der Waals surface area contributed by atoms with E-state index in [0.717, 1.165) is 0 Å². The van der Waals surface area contributed by atoms with E-state index in [2.05, 4.69) is 0 Å². The zero-order chi connectivity index (χ0) is 6.69. The molecule has 1 fully saturated rings. The van der Waals surface area contributed by atoms with E-state index < -0.39 is 8.68 Å². The van der Waals surface area contributed by atoms with E-state index in [1.807, 2.05) is 6.55 Å². The van der Waals surface area contributed by atoms with Crippen LogP contribution < -0.4 is 0 Å². The average molecular weight is 142 g/mol. The fraction of sp³-hybridized carbons (Fsp3) is 1.00. The Labute approximate surface area is 58.1 Å². The van der Waals surface area contributed by atoms with Crippen LogP contribution >= 0.6 is 0 Å². The standard InChI is InChI=1S/C7H14OSi/c1-9(8)7-5-3-2-4-6-7/h7H,2-6H2,1H3. The SMILES string of the molecule is C[Si](=O)C1CCCCC1. The normalized spacial score (nSPS) is 21.9. The predicted molar refractivity (Wildman–Crippen MR) is 39.1 cm³/mol. The maximum atomic E-state index is 11.0. The van der Waals surface area contributed by atoms with E-state index in [9.17, 15) is 4.46 Å². The number of hydrogen-bond acceptors (Lipinski definition) is 1. The van der Waals surface area contributed by atoms with Gasteiger partial charge < -0.3 is 4.46 Å². The molecule has 1 nitrogen and oxygen atoms in total. The lowest BCUT2D eigenvalue weighted by molar-refractivity contribution is 0.467. The summed E-state index contributed by atoms with van der Waals surface area (Å²) < 4.78 is 11.0. The molecule has 1 saturated carbocycles. The summed E-state index contributed by atoms with van der Waals surface area (Å²) in [6.07, 6.45) is 6.46. The molecule has 0 amide bonds. The summed E-state index contributed by atoms with van der Waals surface area (Å²) in [5.41, 5.74) is 0.601. The first-order chi connectivity index (χ1) is 4.30. The molecule has 1 aliphatic rings. The Balaban J connectivity index is 2.31. The minimum atomic E-state index is -1.19. The highest BCUT2D eigenvalue weighted by atomic mass is 28.3. The highest BCUT2D eigenvalue weighted by molar-refractivity contribution is 6.42. The van der Waals surface area contributed by atoms with Crippen LogP contribution in [0.25, 0.3) is 0 Å². The van der Waals surface area contributed by atoms with Gasteiger partial charge in [-0.15, -0.1) is 0 Å². The van der Waals surface area contributed by atoms with Crippen molar-refractivity contribution in [2.45, 2.75) is 44.2 Å². The Morgan fingerprint density at radius 2 is 1.78 bits per heavy atom. The maximum Gasteiger partial charge on any atom is 0.276 e. The van der Waals surface area contributed by atoms with Gasteiger partial charge in [0.05, 0.1) is 0 Å². The summed E-state index contributed by atoms with van der Waals surface area (Å²) in [7, 11) is -1.19.